The summed E-state index contributed by atoms with van der Waals surface area (Å²) < 4.78 is 0. The fourth-order valence-electron chi connectivity index (χ4n) is 1.61. The smallest absolute Gasteiger partial charge is 0.220 e. The minimum absolute atomic E-state index is 0.0265. The molecule has 0 aliphatic heterocycles. The highest BCUT2D eigenvalue weighted by molar-refractivity contribution is 5.76. The molecule has 0 aromatic heterocycles. The van der Waals surface area contributed by atoms with E-state index in [4.69, 9.17) is 11.0 Å². The predicted molar refractivity (Wildman–Crippen MR) is 71.7 cm³/mol. The molecule has 0 aliphatic carbocycles. The molecule has 3 N–H and O–H groups in total. The maximum Gasteiger partial charge on any atom is 0.220 e. The summed E-state index contributed by atoms with van der Waals surface area (Å²) in [4.78, 5) is 11.7. The first-order valence-corrected chi connectivity index (χ1v) is 6.04. The number of nitrogen functional groups attached to an aromatic ring is 1. The number of carbonyl (C=O) groups is 1. The van der Waals surface area contributed by atoms with Gasteiger partial charge in [0.25, 0.3) is 0 Å². The monoisotopic (exact) mass is 245 g/mol. The third-order valence-corrected chi connectivity index (χ3v) is 2.82. The largest absolute Gasteiger partial charge is 0.399 e. The second kappa shape index (κ2) is 6.65. The molecular formula is C14H19N3O. The summed E-state index contributed by atoms with van der Waals surface area (Å²) in [5.74, 6) is -0.0369. The van der Waals surface area contributed by atoms with Gasteiger partial charge in [0.05, 0.1) is 12.0 Å². The molecule has 1 aromatic rings. The maximum absolute atomic E-state index is 11.7. The fourth-order valence-corrected chi connectivity index (χ4v) is 1.61. The normalized spacial score (nSPS) is 13.4. The van der Waals surface area contributed by atoms with Crippen molar-refractivity contribution in [2.75, 3.05) is 12.3 Å². The SMILES string of the molecule is CC(C#N)CNC(=O)CC(C)c1ccc(N)cc1. The lowest BCUT2D eigenvalue weighted by Gasteiger charge is -2.12. The standard InChI is InChI=1S/C14H19N3O/c1-10(8-15)9-17-14(18)7-11(2)12-3-5-13(16)6-4-12/h3-6,10-11H,7,9,16H2,1-2H3,(H,17,18). The molecule has 4 nitrogen and oxygen atoms in total. The molecule has 0 saturated carbocycles. The van der Waals surface area contributed by atoms with Crippen molar-refractivity contribution in [2.24, 2.45) is 5.92 Å². The van der Waals surface area contributed by atoms with Crippen LogP contribution in [-0.4, -0.2) is 12.5 Å². The van der Waals surface area contributed by atoms with Crippen molar-refractivity contribution in [3.63, 3.8) is 0 Å². The minimum Gasteiger partial charge on any atom is -0.399 e. The number of carbonyl (C=O) groups excluding carboxylic acids is 1. The lowest BCUT2D eigenvalue weighted by molar-refractivity contribution is -0.121. The molecule has 18 heavy (non-hydrogen) atoms. The van der Waals surface area contributed by atoms with Crippen molar-refractivity contribution in [2.45, 2.75) is 26.2 Å². The number of nitrogens with one attached hydrogen (secondary N) is 1. The molecule has 0 heterocycles. The Balaban J connectivity index is 2.45. The first kappa shape index (κ1) is 14.0. The van der Waals surface area contributed by atoms with Gasteiger partial charge in [-0.25, -0.2) is 0 Å². The van der Waals surface area contributed by atoms with Gasteiger partial charge >= 0.3 is 0 Å². The van der Waals surface area contributed by atoms with Gasteiger partial charge in [-0.2, -0.15) is 5.26 Å². The lowest BCUT2D eigenvalue weighted by atomic mass is 9.97. The van der Waals surface area contributed by atoms with Crippen LogP contribution in [0.2, 0.25) is 0 Å². The minimum atomic E-state index is -0.152. The van der Waals surface area contributed by atoms with Crippen LogP contribution in [0.4, 0.5) is 5.69 Å². The molecule has 1 rings (SSSR count). The Hall–Kier alpha value is -2.02. The molecule has 0 saturated heterocycles. The molecule has 0 aliphatic rings. The number of hydrogen-bond donors (Lipinski definition) is 2. The van der Waals surface area contributed by atoms with E-state index in [1.807, 2.05) is 31.2 Å². The van der Waals surface area contributed by atoms with Crippen molar-refractivity contribution in [1.29, 1.82) is 5.26 Å². The number of rotatable bonds is 5. The van der Waals surface area contributed by atoms with Crippen LogP contribution in [0.25, 0.3) is 0 Å². The van der Waals surface area contributed by atoms with Crippen LogP contribution in [0.1, 0.15) is 31.7 Å². The number of nitrogens with zero attached hydrogens (tertiary/aromatic N) is 1. The van der Waals surface area contributed by atoms with Crippen molar-refractivity contribution < 1.29 is 4.79 Å². The topological polar surface area (TPSA) is 78.9 Å². The number of amides is 1. The Morgan fingerprint density at radius 2 is 2.00 bits per heavy atom. The van der Waals surface area contributed by atoms with E-state index in [0.717, 1.165) is 11.3 Å². The molecule has 0 fully saturated rings. The average molecular weight is 245 g/mol. The van der Waals surface area contributed by atoms with E-state index in [1.54, 1.807) is 6.92 Å². The van der Waals surface area contributed by atoms with Crippen molar-refractivity contribution in [3.8, 4) is 6.07 Å². The number of nitrogens with two attached hydrogens (primary N) is 1. The van der Waals surface area contributed by atoms with E-state index in [-0.39, 0.29) is 17.7 Å². The van der Waals surface area contributed by atoms with E-state index < -0.39 is 0 Å². The van der Waals surface area contributed by atoms with Crippen LogP contribution < -0.4 is 11.1 Å². The van der Waals surface area contributed by atoms with Gasteiger partial charge < -0.3 is 11.1 Å². The summed E-state index contributed by atoms with van der Waals surface area (Å²) in [6.45, 7) is 4.19. The quantitative estimate of drug-likeness (QED) is 0.779. The molecule has 0 radical (unpaired) electrons. The van der Waals surface area contributed by atoms with Crippen molar-refractivity contribution in [1.82, 2.24) is 5.32 Å². The molecular weight excluding hydrogens is 226 g/mol. The van der Waals surface area contributed by atoms with Crippen LogP contribution in [0.15, 0.2) is 24.3 Å². The van der Waals surface area contributed by atoms with Crippen LogP contribution in [0.5, 0.6) is 0 Å². The lowest BCUT2D eigenvalue weighted by Crippen LogP contribution is -2.28. The van der Waals surface area contributed by atoms with E-state index in [1.165, 1.54) is 0 Å². The summed E-state index contributed by atoms with van der Waals surface area (Å²) in [7, 11) is 0. The van der Waals surface area contributed by atoms with Gasteiger partial charge in [-0.3, -0.25) is 4.79 Å². The highest BCUT2D eigenvalue weighted by atomic mass is 16.1. The molecule has 2 unspecified atom stereocenters. The number of benzene rings is 1. The summed E-state index contributed by atoms with van der Waals surface area (Å²) in [6.07, 6.45) is 0.419. The van der Waals surface area contributed by atoms with Gasteiger partial charge in [0, 0.05) is 18.7 Å². The second-order valence-electron chi connectivity index (χ2n) is 4.61. The van der Waals surface area contributed by atoms with Crippen LogP contribution >= 0.6 is 0 Å². The third-order valence-electron chi connectivity index (χ3n) is 2.82. The highest BCUT2D eigenvalue weighted by Gasteiger charge is 2.11. The van der Waals surface area contributed by atoms with Crippen molar-refractivity contribution in [3.05, 3.63) is 29.8 Å². The third kappa shape index (κ3) is 4.46. The van der Waals surface area contributed by atoms with Gasteiger partial charge in [-0.1, -0.05) is 19.1 Å². The Morgan fingerprint density at radius 3 is 2.56 bits per heavy atom. The molecule has 1 aromatic carbocycles. The summed E-state index contributed by atoms with van der Waals surface area (Å²) >= 11 is 0. The summed E-state index contributed by atoms with van der Waals surface area (Å²) in [5.41, 5.74) is 7.43. The zero-order valence-corrected chi connectivity index (χ0v) is 10.8. The maximum atomic E-state index is 11.7. The summed E-state index contributed by atoms with van der Waals surface area (Å²) in [5, 5.41) is 11.4. The number of nitriles is 1. The van der Waals surface area contributed by atoms with E-state index in [0.29, 0.717) is 13.0 Å². The highest BCUT2D eigenvalue weighted by Crippen LogP contribution is 2.19. The fraction of sp³-hybridized carbons (Fsp3) is 0.429. The zero-order valence-electron chi connectivity index (χ0n) is 10.8. The molecule has 0 spiro atoms. The van der Waals surface area contributed by atoms with Crippen molar-refractivity contribution >= 4 is 11.6 Å². The van der Waals surface area contributed by atoms with Gasteiger partial charge in [-0.05, 0) is 30.5 Å². The second-order valence-corrected chi connectivity index (χ2v) is 4.61. The van der Waals surface area contributed by atoms with Gasteiger partial charge in [-0.15, -0.1) is 0 Å². The van der Waals surface area contributed by atoms with Gasteiger partial charge in [0.1, 0.15) is 0 Å². The number of hydrogen-bond acceptors (Lipinski definition) is 3. The molecule has 0 bridgehead atoms. The predicted octanol–water partition coefficient (Wildman–Crippen LogP) is 2.04. The van der Waals surface area contributed by atoms with E-state index >= 15 is 0 Å². The van der Waals surface area contributed by atoms with Crippen LogP contribution in [0.3, 0.4) is 0 Å². The Labute approximate surface area is 108 Å². The van der Waals surface area contributed by atoms with Gasteiger partial charge in [0.2, 0.25) is 5.91 Å². The summed E-state index contributed by atoms with van der Waals surface area (Å²) in [6, 6.07) is 9.62. The first-order valence-electron chi connectivity index (χ1n) is 6.04. The molecule has 2 atom stereocenters. The Bertz CT molecular complexity index is 433. The Morgan fingerprint density at radius 1 is 1.39 bits per heavy atom. The Kier molecular flexibility index (Phi) is 5.19. The zero-order chi connectivity index (χ0) is 13.5. The van der Waals surface area contributed by atoms with E-state index in [2.05, 4.69) is 11.4 Å². The first-order chi connectivity index (χ1) is 8.52. The number of anilines is 1. The molecule has 4 heteroatoms. The van der Waals surface area contributed by atoms with Crippen LogP contribution in [-0.2, 0) is 4.79 Å². The van der Waals surface area contributed by atoms with Crippen LogP contribution in [0, 0.1) is 17.2 Å². The van der Waals surface area contributed by atoms with Gasteiger partial charge in [0.15, 0.2) is 0 Å². The average Bonchev–Trinajstić information content (AvgIpc) is 2.36. The molecule has 1 amide bonds. The molecule has 96 valence electrons. The van der Waals surface area contributed by atoms with E-state index in [9.17, 15) is 4.79 Å².